The summed E-state index contributed by atoms with van der Waals surface area (Å²) >= 11 is 1.13. The fraction of sp³-hybridized carbons (Fsp3) is 0.750. The Morgan fingerprint density at radius 3 is 2.50 bits per heavy atom. The maximum atomic E-state index is 12.3. The van der Waals surface area contributed by atoms with Gasteiger partial charge in [-0.15, -0.1) is 10.2 Å². The number of thioether (sulfide) groups is 1. The van der Waals surface area contributed by atoms with Crippen LogP contribution in [-0.2, 0) is 13.0 Å². The first-order valence-corrected chi connectivity index (χ1v) is 5.84. The van der Waals surface area contributed by atoms with Crippen LogP contribution in [0.15, 0.2) is 5.16 Å². The molecule has 0 saturated carbocycles. The number of halogens is 3. The molecule has 8 heteroatoms. The van der Waals surface area contributed by atoms with Crippen molar-refractivity contribution in [2.24, 2.45) is 5.73 Å². The van der Waals surface area contributed by atoms with E-state index in [1.54, 1.807) is 13.2 Å². The van der Waals surface area contributed by atoms with Crippen molar-refractivity contribution in [1.82, 2.24) is 14.8 Å². The predicted octanol–water partition coefficient (Wildman–Crippen LogP) is 1.45. The summed E-state index contributed by atoms with van der Waals surface area (Å²) in [6.07, 6.45) is -2.34. The van der Waals surface area contributed by atoms with Crippen molar-refractivity contribution in [3.63, 3.8) is 0 Å². The van der Waals surface area contributed by atoms with E-state index in [9.17, 15) is 13.2 Å². The molecule has 2 N–H and O–H groups in total. The fourth-order valence-electron chi connectivity index (χ4n) is 1.25. The summed E-state index contributed by atoms with van der Waals surface area (Å²) < 4.78 is 38.1. The minimum absolute atomic E-state index is 0.245. The number of hydrogen-bond donors (Lipinski definition) is 1. The number of rotatable bonds is 4. The van der Waals surface area contributed by atoms with Gasteiger partial charge in [0.15, 0.2) is 5.16 Å². The van der Waals surface area contributed by atoms with Crippen LogP contribution < -0.4 is 5.73 Å². The Balaban J connectivity index is 2.96. The highest BCUT2D eigenvalue weighted by Crippen LogP contribution is 2.22. The van der Waals surface area contributed by atoms with Crippen molar-refractivity contribution >= 4 is 11.8 Å². The van der Waals surface area contributed by atoms with Gasteiger partial charge in [-0.1, -0.05) is 11.8 Å². The van der Waals surface area contributed by atoms with Gasteiger partial charge in [-0.25, -0.2) is 0 Å². The number of nitrogens with zero attached hydrogens (tertiary/aromatic N) is 3. The van der Waals surface area contributed by atoms with E-state index in [4.69, 9.17) is 5.73 Å². The molecular weight excluding hydrogens is 241 g/mol. The van der Waals surface area contributed by atoms with Crippen LogP contribution in [0.3, 0.4) is 0 Å². The molecular formula is C8H13F3N4S. The number of nitrogens with two attached hydrogens (primary N) is 1. The Hall–Kier alpha value is -0.760. The highest BCUT2D eigenvalue weighted by Gasteiger charge is 2.30. The van der Waals surface area contributed by atoms with Gasteiger partial charge in [0.1, 0.15) is 12.4 Å². The zero-order chi connectivity index (χ0) is 12.3. The van der Waals surface area contributed by atoms with Gasteiger partial charge in [0.05, 0.1) is 0 Å². The van der Waals surface area contributed by atoms with Gasteiger partial charge in [0.2, 0.25) is 0 Å². The van der Waals surface area contributed by atoms with Gasteiger partial charge in [-0.2, -0.15) is 13.2 Å². The van der Waals surface area contributed by atoms with Gasteiger partial charge in [-0.05, 0) is 13.2 Å². The van der Waals surface area contributed by atoms with E-state index in [0.29, 0.717) is 0 Å². The highest BCUT2D eigenvalue weighted by atomic mass is 32.2. The van der Waals surface area contributed by atoms with Crippen molar-refractivity contribution in [3.05, 3.63) is 5.82 Å². The van der Waals surface area contributed by atoms with Gasteiger partial charge >= 0.3 is 6.18 Å². The Labute approximate surface area is 95.4 Å². The average Bonchev–Trinajstić information content (AvgIpc) is 2.45. The van der Waals surface area contributed by atoms with Crippen LogP contribution in [0.1, 0.15) is 12.7 Å². The molecule has 0 aromatic carbocycles. The molecule has 0 spiro atoms. The van der Waals surface area contributed by atoms with Crippen LogP contribution in [0.25, 0.3) is 0 Å². The lowest BCUT2D eigenvalue weighted by molar-refractivity contribution is -0.142. The third-order valence-corrected chi connectivity index (χ3v) is 2.49. The quantitative estimate of drug-likeness (QED) is 0.826. The Bertz CT molecular complexity index is 348. The molecule has 1 heterocycles. The molecule has 0 aliphatic heterocycles. The zero-order valence-electron chi connectivity index (χ0n) is 8.95. The van der Waals surface area contributed by atoms with Crippen LogP contribution in [0.2, 0.25) is 0 Å². The Morgan fingerprint density at radius 1 is 1.44 bits per heavy atom. The van der Waals surface area contributed by atoms with E-state index in [-0.39, 0.29) is 23.4 Å². The van der Waals surface area contributed by atoms with Gasteiger partial charge < -0.3 is 5.73 Å². The van der Waals surface area contributed by atoms with E-state index >= 15 is 0 Å². The second-order valence-corrected chi connectivity index (χ2v) is 4.26. The second kappa shape index (κ2) is 5.05. The molecule has 16 heavy (non-hydrogen) atoms. The second-order valence-electron chi connectivity index (χ2n) is 3.49. The van der Waals surface area contributed by atoms with E-state index in [1.807, 2.05) is 0 Å². The standard InChI is InChI=1S/C8H13F3N4S/c1-5(12)3-6-13-14-7(16-2)15(6)4-8(9,10)11/h5H,3-4,12H2,1-2H3. The SMILES string of the molecule is CSc1nnc(CC(C)N)n1CC(F)(F)F. The van der Waals surface area contributed by atoms with E-state index in [1.165, 1.54) is 0 Å². The van der Waals surface area contributed by atoms with Crippen LogP contribution in [0, 0.1) is 0 Å². The summed E-state index contributed by atoms with van der Waals surface area (Å²) in [5, 5.41) is 7.67. The monoisotopic (exact) mass is 254 g/mol. The lowest BCUT2D eigenvalue weighted by atomic mass is 10.2. The molecule has 1 atom stereocenters. The lowest BCUT2D eigenvalue weighted by Crippen LogP contribution is -2.24. The Morgan fingerprint density at radius 2 is 2.06 bits per heavy atom. The topological polar surface area (TPSA) is 56.7 Å². The third-order valence-electron chi connectivity index (χ3n) is 1.82. The maximum Gasteiger partial charge on any atom is 0.406 e. The summed E-state index contributed by atoms with van der Waals surface area (Å²) in [7, 11) is 0. The summed E-state index contributed by atoms with van der Waals surface area (Å²) in [6, 6.07) is -0.245. The largest absolute Gasteiger partial charge is 0.406 e. The highest BCUT2D eigenvalue weighted by molar-refractivity contribution is 7.98. The maximum absolute atomic E-state index is 12.3. The molecule has 92 valence electrons. The normalized spacial score (nSPS) is 14.1. The van der Waals surface area contributed by atoms with Crippen LogP contribution in [0.5, 0.6) is 0 Å². The molecule has 1 unspecified atom stereocenters. The van der Waals surface area contributed by atoms with Crippen LogP contribution >= 0.6 is 11.8 Å². The molecule has 0 radical (unpaired) electrons. The molecule has 0 aliphatic carbocycles. The van der Waals surface area contributed by atoms with Gasteiger partial charge in [-0.3, -0.25) is 4.57 Å². The van der Waals surface area contributed by atoms with Crippen molar-refractivity contribution in [1.29, 1.82) is 0 Å². The van der Waals surface area contributed by atoms with Gasteiger partial charge in [0, 0.05) is 12.5 Å². The average molecular weight is 254 g/mol. The van der Waals surface area contributed by atoms with Crippen LogP contribution in [-0.4, -0.2) is 33.2 Å². The van der Waals surface area contributed by atoms with Gasteiger partial charge in [0.25, 0.3) is 0 Å². The fourth-order valence-corrected chi connectivity index (χ4v) is 1.76. The molecule has 1 aromatic heterocycles. The molecule has 0 amide bonds. The van der Waals surface area contributed by atoms with E-state index in [0.717, 1.165) is 16.3 Å². The minimum Gasteiger partial charge on any atom is -0.328 e. The first-order chi connectivity index (χ1) is 7.33. The first kappa shape index (κ1) is 13.3. The van der Waals surface area contributed by atoms with E-state index < -0.39 is 12.7 Å². The molecule has 0 saturated heterocycles. The van der Waals surface area contributed by atoms with Crippen molar-refractivity contribution in [2.45, 2.75) is 37.3 Å². The zero-order valence-corrected chi connectivity index (χ0v) is 9.77. The molecule has 0 aliphatic rings. The lowest BCUT2D eigenvalue weighted by Gasteiger charge is -2.12. The third kappa shape index (κ3) is 3.67. The van der Waals surface area contributed by atoms with Crippen molar-refractivity contribution < 1.29 is 13.2 Å². The molecule has 1 aromatic rings. The van der Waals surface area contributed by atoms with E-state index in [2.05, 4.69) is 10.2 Å². The summed E-state index contributed by atoms with van der Waals surface area (Å²) in [5.74, 6) is 0.275. The minimum atomic E-state index is -4.28. The number of alkyl halides is 3. The summed E-state index contributed by atoms with van der Waals surface area (Å²) in [5.41, 5.74) is 5.54. The molecule has 4 nitrogen and oxygen atoms in total. The van der Waals surface area contributed by atoms with Crippen molar-refractivity contribution in [3.8, 4) is 0 Å². The molecule has 0 fully saturated rings. The first-order valence-electron chi connectivity index (χ1n) is 4.62. The smallest absolute Gasteiger partial charge is 0.328 e. The number of hydrogen-bond acceptors (Lipinski definition) is 4. The molecule has 1 rings (SSSR count). The Kier molecular flexibility index (Phi) is 4.20. The number of aromatic nitrogens is 3. The van der Waals surface area contributed by atoms with Crippen LogP contribution in [0.4, 0.5) is 13.2 Å². The summed E-state index contributed by atoms with van der Waals surface area (Å²) in [4.78, 5) is 0. The predicted molar refractivity (Wildman–Crippen MR) is 55.2 cm³/mol. The molecule has 0 bridgehead atoms. The van der Waals surface area contributed by atoms with Crippen molar-refractivity contribution in [2.75, 3.05) is 6.26 Å². The summed E-state index contributed by atoms with van der Waals surface area (Å²) in [6.45, 7) is 0.642.